The molecule has 1 unspecified atom stereocenters. The molecule has 0 aliphatic carbocycles. The van der Waals surface area contributed by atoms with Gasteiger partial charge in [-0.25, -0.2) is 0 Å². The molecule has 0 saturated carbocycles. The average molecular weight is 360 g/mol. The SMILES string of the molecule is CC(OCc1cccc(Br)c1)C(=O)c1ccc(Cl)s1. The predicted molar refractivity (Wildman–Crippen MR) is 82.1 cm³/mol. The third-order valence-electron chi connectivity index (χ3n) is 2.57. The summed E-state index contributed by atoms with van der Waals surface area (Å²) in [6.45, 7) is 2.17. The first kappa shape index (κ1) is 14.7. The van der Waals surface area contributed by atoms with Crippen molar-refractivity contribution < 1.29 is 9.53 Å². The van der Waals surface area contributed by atoms with Gasteiger partial charge in [-0.1, -0.05) is 39.7 Å². The minimum Gasteiger partial charge on any atom is -0.366 e. The van der Waals surface area contributed by atoms with Crippen LogP contribution >= 0.6 is 38.9 Å². The molecule has 1 aromatic heterocycles. The number of carbonyl (C=O) groups is 1. The molecule has 0 fully saturated rings. The van der Waals surface area contributed by atoms with E-state index in [0.29, 0.717) is 15.8 Å². The van der Waals surface area contributed by atoms with E-state index >= 15 is 0 Å². The summed E-state index contributed by atoms with van der Waals surface area (Å²) in [5.74, 6) is -0.0353. The summed E-state index contributed by atoms with van der Waals surface area (Å²) in [7, 11) is 0. The zero-order valence-electron chi connectivity index (χ0n) is 10.2. The van der Waals surface area contributed by atoms with Gasteiger partial charge in [0, 0.05) is 4.47 Å². The lowest BCUT2D eigenvalue weighted by Gasteiger charge is -2.11. The van der Waals surface area contributed by atoms with Gasteiger partial charge in [0.15, 0.2) is 0 Å². The normalized spacial score (nSPS) is 12.4. The van der Waals surface area contributed by atoms with Gasteiger partial charge in [0.2, 0.25) is 5.78 Å². The molecule has 19 heavy (non-hydrogen) atoms. The van der Waals surface area contributed by atoms with Crippen molar-refractivity contribution >= 4 is 44.7 Å². The van der Waals surface area contributed by atoms with Gasteiger partial charge in [0.05, 0.1) is 15.8 Å². The first-order valence-corrected chi connectivity index (χ1v) is 7.70. The summed E-state index contributed by atoms with van der Waals surface area (Å²) in [5.41, 5.74) is 1.03. The molecule has 0 radical (unpaired) electrons. The highest BCUT2D eigenvalue weighted by Crippen LogP contribution is 2.23. The zero-order valence-corrected chi connectivity index (χ0v) is 13.4. The second-order valence-corrected chi connectivity index (χ2v) is 6.68. The largest absolute Gasteiger partial charge is 0.366 e. The number of thiophene rings is 1. The molecule has 0 spiro atoms. The molecule has 0 saturated heterocycles. The van der Waals surface area contributed by atoms with Gasteiger partial charge in [-0.2, -0.15) is 0 Å². The number of ether oxygens (including phenoxy) is 1. The fraction of sp³-hybridized carbons (Fsp3) is 0.214. The van der Waals surface area contributed by atoms with Crippen molar-refractivity contribution in [3.8, 4) is 0 Å². The van der Waals surface area contributed by atoms with Crippen LogP contribution in [0.2, 0.25) is 4.34 Å². The Morgan fingerprint density at radius 2 is 2.21 bits per heavy atom. The van der Waals surface area contributed by atoms with Crippen LogP contribution in [0.5, 0.6) is 0 Å². The Kier molecular flexibility index (Phi) is 5.16. The maximum Gasteiger partial charge on any atom is 0.201 e. The van der Waals surface area contributed by atoms with E-state index in [1.165, 1.54) is 11.3 Å². The van der Waals surface area contributed by atoms with Crippen LogP contribution in [0.4, 0.5) is 0 Å². The monoisotopic (exact) mass is 358 g/mol. The van der Waals surface area contributed by atoms with Gasteiger partial charge < -0.3 is 4.74 Å². The van der Waals surface area contributed by atoms with E-state index in [0.717, 1.165) is 10.0 Å². The summed E-state index contributed by atoms with van der Waals surface area (Å²) in [5, 5.41) is 0. The molecular weight excluding hydrogens is 348 g/mol. The summed E-state index contributed by atoms with van der Waals surface area (Å²) in [6, 6.07) is 11.3. The highest BCUT2D eigenvalue weighted by molar-refractivity contribution is 9.10. The van der Waals surface area contributed by atoms with Crippen molar-refractivity contribution in [1.82, 2.24) is 0 Å². The second-order valence-electron chi connectivity index (χ2n) is 4.05. The van der Waals surface area contributed by atoms with E-state index in [4.69, 9.17) is 16.3 Å². The Bertz CT molecular complexity index is 582. The molecule has 2 nitrogen and oxygen atoms in total. The fourth-order valence-corrected chi connectivity index (χ4v) is 3.08. The fourth-order valence-electron chi connectivity index (χ4n) is 1.57. The van der Waals surface area contributed by atoms with E-state index in [-0.39, 0.29) is 5.78 Å². The Morgan fingerprint density at radius 1 is 1.42 bits per heavy atom. The van der Waals surface area contributed by atoms with Crippen LogP contribution in [0.25, 0.3) is 0 Å². The summed E-state index contributed by atoms with van der Waals surface area (Å²) in [6.07, 6.45) is -0.478. The van der Waals surface area contributed by atoms with Gasteiger partial charge in [-0.15, -0.1) is 11.3 Å². The van der Waals surface area contributed by atoms with Crippen LogP contribution in [0.1, 0.15) is 22.2 Å². The standard InChI is InChI=1S/C14H12BrClO2S/c1-9(14(17)12-5-6-13(16)19-12)18-8-10-3-2-4-11(15)7-10/h2-7,9H,8H2,1H3. The molecular formula is C14H12BrClO2S. The van der Waals surface area contributed by atoms with Crippen LogP contribution in [-0.4, -0.2) is 11.9 Å². The molecule has 1 aromatic carbocycles. The predicted octanol–water partition coefficient (Wildman–Crippen LogP) is 4.95. The van der Waals surface area contributed by atoms with Crippen molar-refractivity contribution in [3.63, 3.8) is 0 Å². The number of carbonyl (C=O) groups excluding carboxylic acids is 1. The minimum absolute atomic E-state index is 0.0353. The number of hydrogen-bond donors (Lipinski definition) is 0. The lowest BCUT2D eigenvalue weighted by Crippen LogP contribution is -2.19. The van der Waals surface area contributed by atoms with Crippen LogP contribution < -0.4 is 0 Å². The second kappa shape index (κ2) is 6.66. The number of rotatable bonds is 5. The summed E-state index contributed by atoms with van der Waals surface area (Å²) < 4.78 is 7.21. The molecule has 1 heterocycles. The number of hydrogen-bond acceptors (Lipinski definition) is 3. The molecule has 100 valence electrons. The highest BCUT2D eigenvalue weighted by Gasteiger charge is 2.17. The third kappa shape index (κ3) is 4.14. The molecule has 0 bridgehead atoms. The van der Waals surface area contributed by atoms with Crippen molar-refractivity contribution in [3.05, 3.63) is 55.6 Å². The molecule has 2 rings (SSSR count). The van der Waals surface area contributed by atoms with Gasteiger partial charge in [0.1, 0.15) is 6.10 Å². The molecule has 2 aromatic rings. The maximum atomic E-state index is 12.1. The van der Waals surface area contributed by atoms with Crippen LogP contribution in [0, 0.1) is 0 Å². The molecule has 1 atom stereocenters. The van der Waals surface area contributed by atoms with E-state index in [1.807, 2.05) is 24.3 Å². The molecule has 0 N–H and O–H groups in total. The van der Waals surface area contributed by atoms with Gasteiger partial charge >= 0.3 is 0 Å². The number of Topliss-reactive ketones (excluding diaryl/α,β-unsaturated/α-hetero) is 1. The summed E-state index contributed by atoms with van der Waals surface area (Å²) >= 11 is 10.5. The average Bonchev–Trinajstić information content (AvgIpc) is 2.82. The molecule has 0 aliphatic rings. The van der Waals surface area contributed by atoms with Crippen molar-refractivity contribution in [1.29, 1.82) is 0 Å². The van der Waals surface area contributed by atoms with Crippen molar-refractivity contribution in [2.75, 3.05) is 0 Å². The number of benzene rings is 1. The Morgan fingerprint density at radius 3 is 2.84 bits per heavy atom. The topological polar surface area (TPSA) is 26.3 Å². The number of ketones is 1. The molecule has 5 heteroatoms. The van der Waals surface area contributed by atoms with Crippen molar-refractivity contribution in [2.45, 2.75) is 19.6 Å². The van der Waals surface area contributed by atoms with Gasteiger partial charge in [0.25, 0.3) is 0 Å². The van der Waals surface area contributed by atoms with E-state index in [2.05, 4.69) is 15.9 Å². The lowest BCUT2D eigenvalue weighted by atomic mass is 10.2. The van der Waals surface area contributed by atoms with Crippen LogP contribution in [-0.2, 0) is 11.3 Å². The lowest BCUT2D eigenvalue weighted by molar-refractivity contribution is 0.0416. The first-order chi connectivity index (χ1) is 9.06. The quantitative estimate of drug-likeness (QED) is 0.706. The van der Waals surface area contributed by atoms with Crippen molar-refractivity contribution in [2.24, 2.45) is 0 Å². The first-order valence-electron chi connectivity index (χ1n) is 5.72. The maximum absolute atomic E-state index is 12.1. The third-order valence-corrected chi connectivity index (χ3v) is 4.31. The number of halogens is 2. The van der Waals surface area contributed by atoms with Gasteiger partial charge in [-0.3, -0.25) is 4.79 Å². The van der Waals surface area contributed by atoms with E-state index in [9.17, 15) is 4.79 Å². The van der Waals surface area contributed by atoms with Crippen LogP contribution in [0.3, 0.4) is 0 Å². The smallest absolute Gasteiger partial charge is 0.201 e. The van der Waals surface area contributed by atoms with Crippen LogP contribution in [0.15, 0.2) is 40.9 Å². The van der Waals surface area contributed by atoms with E-state index < -0.39 is 6.10 Å². The zero-order chi connectivity index (χ0) is 13.8. The van der Waals surface area contributed by atoms with Gasteiger partial charge in [-0.05, 0) is 36.8 Å². The van der Waals surface area contributed by atoms with E-state index in [1.54, 1.807) is 19.1 Å². The Balaban J connectivity index is 1.94. The Hall–Kier alpha value is -0.680. The Labute approximate surface area is 129 Å². The minimum atomic E-state index is -0.478. The molecule has 0 amide bonds. The summed E-state index contributed by atoms with van der Waals surface area (Å²) in [4.78, 5) is 12.7. The highest BCUT2D eigenvalue weighted by atomic mass is 79.9. The molecule has 0 aliphatic heterocycles.